The molecule has 1 aliphatic heterocycles. The largest absolute Gasteiger partial charge is 0.316 e. The first-order valence-corrected chi connectivity index (χ1v) is 8.85. The highest BCUT2D eigenvalue weighted by atomic mass is 15.2. The number of nitrogens with one attached hydrogen (secondary N) is 1. The zero-order valence-corrected chi connectivity index (χ0v) is 13.0. The molecule has 0 amide bonds. The second kappa shape index (κ2) is 8.97. The molecule has 1 N–H and O–H groups in total. The van der Waals surface area contributed by atoms with Gasteiger partial charge in [-0.2, -0.15) is 0 Å². The van der Waals surface area contributed by atoms with Crippen molar-refractivity contribution < 1.29 is 0 Å². The highest BCUT2D eigenvalue weighted by Gasteiger charge is 2.33. The van der Waals surface area contributed by atoms with Crippen LogP contribution in [0.4, 0.5) is 0 Å². The Morgan fingerprint density at radius 3 is 2.42 bits per heavy atom. The summed E-state index contributed by atoms with van der Waals surface area (Å²) in [4.78, 5) is 2.72. The predicted molar refractivity (Wildman–Crippen MR) is 83.6 cm³/mol. The lowest BCUT2D eigenvalue weighted by atomic mass is 10.1. The van der Waals surface area contributed by atoms with Crippen LogP contribution >= 0.6 is 0 Å². The second-order valence-electron chi connectivity index (χ2n) is 6.71. The SMILES string of the molecule is CCCCCCCCCNCC1CCN(C2CC2)C1. The second-order valence-corrected chi connectivity index (χ2v) is 6.71. The fourth-order valence-corrected chi connectivity index (χ4v) is 3.31. The third-order valence-electron chi connectivity index (χ3n) is 4.77. The molecule has 1 atom stereocenters. The summed E-state index contributed by atoms with van der Waals surface area (Å²) in [5, 5.41) is 3.68. The van der Waals surface area contributed by atoms with Crippen LogP contribution in [0.5, 0.6) is 0 Å². The van der Waals surface area contributed by atoms with E-state index in [0.717, 1.165) is 12.0 Å². The number of nitrogens with zero attached hydrogens (tertiary/aromatic N) is 1. The number of unbranched alkanes of at least 4 members (excludes halogenated alkanes) is 6. The summed E-state index contributed by atoms with van der Waals surface area (Å²) < 4.78 is 0. The van der Waals surface area contributed by atoms with Gasteiger partial charge in [0.05, 0.1) is 0 Å². The van der Waals surface area contributed by atoms with Gasteiger partial charge in [0.25, 0.3) is 0 Å². The van der Waals surface area contributed by atoms with E-state index in [-0.39, 0.29) is 0 Å². The summed E-state index contributed by atoms with van der Waals surface area (Å²) in [6, 6.07) is 0.980. The van der Waals surface area contributed by atoms with E-state index in [9.17, 15) is 0 Å². The van der Waals surface area contributed by atoms with Crippen molar-refractivity contribution in [3.63, 3.8) is 0 Å². The van der Waals surface area contributed by atoms with Crippen LogP contribution in [0, 0.1) is 5.92 Å². The normalized spacial score (nSPS) is 24.2. The van der Waals surface area contributed by atoms with Gasteiger partial charge in [0, 0.05) is 12.6 Å². The molecule has 0 bridgehead atoms. The first kappa shape index (κ1) is 15.3. The molecule has 0 aromatic carbocycles. The molecule has 2 heteroatoms. The van der Waals surface area contributed by atoms with Crippen LogP contribution < -0.4 is 5.32 Å². The molecular weight excluding hydrogens is 232 g/mol. The highest BCUT2D eigenvalue weighted by molar-refractivity contribution is 4.89. The molecule has 0 spiro atoms. The highest BCUT2D eigenvalue weighted by Crippen LogP contribution is 2.31. The van der Waals surface area contributed by atoms with Gasteiger partial charge in [0.15, 0.2) is 0 Å². The van der Waals surface area contributed by atoms with Gasteiger partial charge in [-0.15, -0.1) is 0 Å². The predicted octanol–water partition coefficient (Wildman–Crippen LogP) is 3.81. The summed E-state index contributed by atoms with van der Waals surface area (Å²) in [5.74, 6) is 0.935. The van der Waals surface area contributed by atoms with E-state index in [0.29, 0.717) is 0 Å². The average Bonchev–Trinajstić information content (AvgIpc) is 3.17. The lowest BCUT2D eigenvalue weighted by molar-refractivity contribution is 0.312. The van der Waals surface area contributed by atoms with Crippen molar-refractivity contribution in [3.05, 3.63) is 0 Å². The summed E-state index contributed by atoms with van der Waals surface area (Å²) in [7, 11) is 0. The van der Waals surface area contributed by atoms with E-state index in [4.69, 9.17) is 0 Å². The first-order chi connectivity index (χ1) is 9.40. The fraction of sp³-hybridized carbons (Fsp3) is 1.00. The molecule has 112 valence electrons. The van der Waals surface area contributed by atoms with Gasteiger partial charge in [0.1, 0.15) is 0 Å². The van der Waals surface area contributed by atoms with Crippen LogP contribution in [0.3, 0.4) is 0 Å². The van der Waals surface area contributed by atoms with E-state index in [1.165, 1.54) is 90.4 Å². The molecule has 2 aliphatic rings. The summed E-state index contributed by atoms with van der Waals surface area (Å²) in [5.41, 5.74) is 0. The van der Waals surface area contributed by atoms with E-state index in [2.05, 4.69) is 17.1 Å². The Hall–Kier alpha value is -0.0800. The van der Waals surface area contributed by atoms with E-state index >= 15 is 0 Å². The van der Waals surface area contributed by atoms with Crippen LogP contribution in [0.1, 0.15) is 71.1 Å². The Morgan fingerprint density at radius 1 is 0.947 bits per heavy atom. The molecule has 0 aromatic rings. The van der Waals surface area contributed by atoms with Crippen molar-refractivity contribution in [1.82, 2.24) is 10.2 Å². The van der Waals surface area contributed by atoms with Crippen molar-refractivity contribution in [2.45, 2.75) is 77.2 Å². The summed E-state index contributed by atoms with van der Waals surface area (Å²) >= 11 is 0. The van der Waals surface area contributed by atoms with E-state index in [1.54, 1.807) is 0 Å². The number of hydrogen-bond acceptors (Lipinski definition) is 2. The zero-order chi connectivity index (χ0) is 13.3. The molecule has 0 radical (unpaired) electrons. The van der Waals surface area contributed by atoms with Gasteiger partial charge in [-0.1, -0.05) is 45.4 Å². The lowest BCUT2D eigenvalue weighted by Crippen LogP contribution is -2.28. The first-order valence-electron chi connectivity index (χ1n) is 8.85. The minimum absolute atomic E-state index is 0.935. The molecule has 0 aromatic heterocycles. The quantitative estimate of drug-likeness (QED) is 0.572. The maximum atomic E-state index is 3.68. The molecule has 2 rings (SSSR count). The summed E-state index contributed by atoms with van der Waals surface area (Å²) in [6.45, 7) is 7.53. The molecule has 1 saturated heterocycles. The van der Waals surface area contributed by atoms with Gasteiger partial charge >= 0.3 is 0 Å². The maximum absolute atomic E-state index is 3.68. The Bertz CT molecular complexity index is 225. The van der Waals surface area contributed by atoms with Crippen LogP contribution in [-0.2, 0) is 0 Å². The Balaban J connectivity index is 1.34. The standard InChI is InChI=1S/C17H34N2/c1-2-3-4-5-6-7-8-12-18-14-16-11-13-19(15-16)17-9-10-17/h16-18H,2-15H2,1H3. The number of hydrogen-bond donors (Lipinski definition) is 1. The Kier molecular flexibility index (Phi) is 7.23. The minimum atomic E-state index is 0.935. The van der Waals surface area contributed by atoms with Crippen molar-refractivity contribution >= 4 is 0 Å². The zero-order valence-electron chi connectivity index (χ0n) is 13.0. The molecule has 2 nitrogen and oxygen atoms in total. The van der Waals surface area contributed by atoms with Crippen LogP contribution in [-0.4, -0.2) is 37.1 Å². The third kappa shape index (κ3) is 6.27. The summed E-state index contributed by atoms with van der Waals surface area (Å²) in [6.07, 6.45) is 14.3. The topological polar surface area (TPSA) is 15.3 Å². The Labute approximate surface area is 120 Å². The van der Waals surface area contributed by atoms with Gasteiger partial charge in [0.2, 0.25) is 0 Å². The molecule has 1 heterocycles. The van der Waals surface area contributed by atoms with Crippen molar-refractivity contribution in [3.8, 4) is 0 Å². The molecule has 1 aliphatic carbocycles. The van der Waals surface area contributed by atoms with E-state index < -0.39 is 0 Å². The lowest BCUT2D eigenvalue weighted by Gasteiger charge is -2.15. The minimum Gasteiger partial charge on any atom is -0.316 e. The third-order valence-corrected chi connectivity index (χ3v) is 4.77. The monoisotopic (exact) mass is 266 g/mol. The smallest absolute Gasteiger partial charge is 0.00965 e. The molecule has 2 fully saturated rings. The number of rotatable bonds is 11. The van der Waals surface area contributed by atoms with Gasteiger partial charge < -0.3 is 10.2 Å². The van der Waals surface area contributed by atoms with Crippen molar-refractivity contribution in [1.29, 1.82) is 0 Å². The van der Waals surface area contributed by atoms with Crippen molar-refractivity contribution in [2.75, 3.05) is 26.2 Å². The fourth-order valence-electron chi connectivity index (χ4n) is 3.31. The molecule has 1 saturated carbocycles. The van der Waals surface area contributed by atoms with Gasteiger partial charge in [-0.3, -0.25) is 0 Å². The van der Waals surface area contributed by atoms with E-state index in [1.807, 2.05) is 0 Å². The Morgan fingerprint density at radius 2 is 1.68 bits per heavy atom. The average molecular weight is 266 g/mol. The number of likely N-dealkylation sites (tertiary alicyclic amines) is 1. The molecule has 1 unspecified atom stereocenters. The maximum Gasteiger partial charge on any atom is 0.00965 e. The van der Waals surface area contributed by atoms with Crippen molar-refractivity contribution in [2.24, 2.45) is 5.92 Å². The van der Waals surface area contributed by atoms with Gasteiger partial charge in [-0.25, -0.2) is 0 Å². The molecule has 19 heavy (non-hydrogen) atoms. The van der Waals surface area contributed by atoms with Gasteiger partial charge in [-0.05, 0) is 51.2 Å². The molecular formula is C17H34N2. The van der Waals surface area contributed by atoms with Crippen LogP contribution in [0.2, 0.25) is 0 Å². The van der Waals surface area contributed by atoms with Crippen LogP contribution in [0.15, 0.2) is 0 Å². The van der Waals surface area contributed by atoms with Crippen LogP contribution in [0.25, 0.3) is 0 Å².